The molecule has 0 bridgehead atoms. The van der Waals surface area contributed by atoms with Crippen molar-refractivity contribution in [2.45, 2.75) is 32.1 Å². The summed E-state index contributed by atoms with van der Waals surface area (Å²) in [5.74, 6) is 1.12. The van der Waals surface area contributed by atoms with Crippen molar-refractivity contribution in [1.29, 1.82) is 0 Å². The van der Waals surface area contributed by atoms with Gasteiger partial charge in [-0.25, -0.2) is 4.98 Å². The third-order valence-corrected chi connectivity index (χ3v) is 5.81. The molecule has 0 saturated carbocycles. The number of likely N-dealkylation sites (tertiary alicyclic amines) is 1. The molecule has 0 spiro atoms. The zero-order valence-corrected chi connectivity index (χ0v) is 16.2. The van der Waals surface area contributed by atoms with E-state index < -0.39 is 0 Å². The summed E-state index contributed by atoms with van der Waals surface area (Å²) in [7, 11) is 0. The van der Waals surface area contributed by atoms with Gasteiger partial charge in [0.25, 0.3) is 5.91 Å². The normalized spacial score (nSPS) is 20.2. The Morgan fingerprint density at radius 3 is 2.80 bits per heavy atom. The lowest BCUT2D eigenvalue weighted by molar-refractivity contribution is 0.0640. The molecular formula is C19H26ClN3OS. The number of piperidine rings is 1. The second kappa shape index (κ2) is 9.32. The number of carbonyl (C=O) groups is 1. The van der Waals surface area contributed by atoms with Crippen LogP contribution in [-0.2, 0) is 6.42 Å². The van der Waals surface area contributed by atoms with E-state index >= 15 is 0 Å². The Kier molecular flexibility index (Phi) is 7.41. The van der Waals surface area contributed by atoms with E-state index in [1.165, 1.54) is 16.9 Å². The van der Waals surface area contributed by atoms with Crippen molar-refractivity contribution in [2.75, 3.05) is 19.6 Å². The maximum atomic E-state index is 12.8. The van der Waals surface area contributed by atoms with Crippen molar-refractivity contribution in [3.8, 4) is 0 Å². The minimum atomic E-state index is 0. The molecule has 4 nitrogen and oxygen atoms in total. The molecular weight excluding hydrogens is 354 g/mol. The van der Waals surface area contributed by atoms with Gasteiger partial charge in [0, 0.05) is 24.9 Å². The van der Waals surface area contributed by atoms with Crippen molar-refractivity contribution in [3.63, 3.8) is 0 Å². The highest BCUT2D eigenvalue weighted by molar-refractivity contribution is 7.09. The average Bonchev–Trinajstić information content (AvgIpc) is 3.10. The van der Waals surface area contributed by atoms with Crippen LogP contribution in [0.5, 0.6) is 0 Å². The van der Waals surface area contributed by atoms with Gasteiger partial charge in [-0.15, -0.1) is 23.7 Å². The van der Waals surface area contributed by atoms with Gasteiger partial charge in [-0.2, -0.15) is 0 Å². The lowest BCUT2D eigenvalue weighted by atomic mass is 9.79. The molecule has 1 aromatic carbocycles. The fourth-order valence-electron chi connectivity index (χ4n) is 3.58. The number of aromatic nitrogens is 1. The third-order valence-electron chi connectivity index (χ3n) is 4.90. The third kappa shape index (κ3) is 4.60. The number of carbonyl (C=O) groups excluding carboxylic acids is 1. The van der Waals surface area contributed by atoms with Crippen LogP contribution in [0.25, 0.3) is 0 Å². The highest BCUT2D eigenvalue weighted by Gasteiger charge is 2.32. The standard InChI is InChI=1S/C19H25N3OS.ClH/c1-2-14-12-22(11-9-16(14)15-6-4-3-5-7-15)19(23)17-13-24-18(21-17)8-10-20;/h3-7,13-14,16H,2,8-12,20H2,1H3;1H. The summed E-state index contributed by atoms with van der Waals surface area (Å²) in [5, 5.41) is 2.82. The summed E-state index contributed by atoms with van der Waals surface area (Å²) in [5.41, 5.74) is 7.55. The van der Waals surface area contributed by atoms with E-state index in [1.54, 1.807) is 0 Å². The van der Waals surface area contributed by atoms with E-state index in [0.29, 0.717) is 24.1 Å². The van der Waals surface area contributed by atoms with Gasteiger partial charge in [0.15, 0.2) is 0 Å². The van der Waals surface area contributed by atoms with Crippen LogP contribution < -0.4 is 5.73 Å². The zero-order valence-electron chi connectivity index (χ0n) is 14.6. The first-order valence-corrected chi connectivity index (χ1v) is 9.59. The summed E-state index contributed by atoms with van der Waals surface area (Å²) in [4.78, 5) is 19.2. The summed E-state index contributed by atoms with van der Waals surface area (Å²) >= 11 is 1.53. The molecule has 0 aliphatic carbocycles. The Morgan fingerprint density at radius 2 is 2.12 bits per heavy atom. The van der Waals surface area contributed by atoms with Crippen LogP contribution in [0.1, 0.15) is 46.7 Å². The molecule has 1 fully saturated rings. The predicted octanol–water partition coefficient (Wildman–Crippen LogP) is 3.72. The van der Waals surface area contributed by atoms with Crippen LogP contribution in [-0.4, -0.2) is 35.4 Å². The topological polar surface area (TPSA) is 59.2 Å². The number of nitrogens with zero attached hydrogens (tertiary/aromatic N) is 2. The highest BCUT2D eigenvalue weighted by atomic mass is 35.5. The monoisotopic (exact) mass is 379 g/mol. The first-order valence-electron chi connectivity index (χ1n) is 8.71. The molecule has 2 N–H and O–H groups in total. The van der Waals surface area contributed by atoms with Gasteiger partial charge in [-0.05, 0) is 30.4 Å². The summed E-state index contributed by atoms with van der Waals surface area (Å²) in [6, 6.07) is 10.7. The van der Waals surface area contributed by atoms with Crippen LogP contribution in [0, 0.1) is 5.92 Å². The quantitative estimate of drug-likeness (QED) is 0.861. The minimum Gasteiger partial charge on any atom is -0.337 e. The molecule has 3 rings (SSSR count). The average molecular weight is 380 g/mol. The van der Waals surface area contributed by atoms with Gasteiger partial charge < -0.3 is 10.6 Å². The molecule has 0 radical (unpaired) electrons. The highest BCUT2D eigenvalue weighted by Crippen LogP contribution is 2.35. The number of rotatable bonds is 5. The van der Waals surface area contributed by atoms with E-state index in [2.05, 4.69) is 42.2 Å². The molecule has 1 aromatic heterocycles. The molecule has 25 heavy (non-hydrogen) atoms. The first-order chi connectivity index (χ1) is 11.7. The van der Waals surface area contributed by atoms with Crippen LogP contribution in [0.4, 0.5) is 0 Å². The van der Waals surface area contributed by atoms with Crippen molar-refractivity contribution in [2.24, 2.45) is 11.7 Å². The zero-order chi connectivity index (χ0) is 16.9. The number of benzene rings is 1. The van der Waals surface area contributed by atoms with Gasteiger partial charge in [0.05, 0.1) is 5.01 Å². The number of hydrogen-bond donors (Lipinski definition) is 1. The molecule has 1 aliphatic heterocycles. The van der Waals surface area contributed by atoms with E-state index in [0.717, 1.165) is 37.4 Å². The number of thiazole rings is 1. The van der Waals surface area contributed by atoms with Gasteiger partial charge in [-0.3, -0.25) is 4.79 Å². The SMILES string of the molecule is CCC1CN(C(=O)c2csc(CCN)n2)CCC1c1ccccc1.Cl. The molecule has 6 heteroatoms. The van der Waals surface area contributed by atoms with Crippen LogP contribution >= 0.6 is 23.7 Å². The Balaban J connectivity index is 0.00000225. The van der Waals surface area contributed by atoms with Crippen molar-refractivity contribution in [1.82, 2.24) is 9.88 Å². The Hall–Kier alpha value is -1.43. The number of nitrogens with two attached hydrogens (primary N) is 1. The van der Waals surface area contributed by atoms with Crippen LogP contribution in [0.15, 0.2) is 35.7 Å². The largest absolute Gasteiger partial charge is 0.337 e. The molecule has 2 aromatic rings. The molecule has 1 aliphatic rings. The summed E-state index contributed by atoms with van der Waals surface area (Å²) < 4.78 is 0. The van der Waals surface area contributed by atoms with Crippen molar-refractivity contribution >= 4 is 29.7 Å². The van der Waals surface area contributed by atoms with Gasteiger partial charge in [-0.1, -0.05) is 43.7 Å². The first kappa shape index (κ1) is 19.9. The van der Waals surface area contributed by atoms with Gasteiger partial charge >= 0.3 is 0 Å². The number of hydrogen-bond acceptors (Lipinski definition) is 4. The summed E-state index contributed by atoms with van der Waals surface area (Å²) in [6.45, 7) is 4.41. The molecule has 2 atom stereocenters. The lowest BCUT2D eigenvalue weighted by Crippen LogP contribution is -2.43. The Morgan fingerprint density at radius 1 is 1.36 bits per heavy atom. The van der Waals surface area contributed by atoms with E-state index in [-0.39, 0.29) is 18.3 Å². The predicted molar refractivity (Wildman–Crippen MR) is 106 cm³/mol. The lowest BCUT2D eigenvalue weighted by Gasteiger charge is -2.38. The number of amides is 1. The molecule has 2 unspecified atom stereocenters. The maximum Gasteiger partial charge on any atom is 0.273 e. The summed E-state index contributed by atoms with van der Waals surface area (Å²) in [6.07, 6.45) is 2.85. The van der Waals surface area contributed by atoms with Crippen LogP contribution in [0.2, 0.25) is 0 Å². The fraction of sp³-hybridized carbons (Fsp3) is 0.474. The van der Waals surface area contributed by atoms with E-state index in [9.17, 15) is 4.79 Å². The Bertz CT molecular complexity index is 676. The maximum absolute atomic E-state index is 12.8. The van der Waals surface area contributed by atoms with Crippen LogP contribution in [0.3, 0.4) is 0 Å². The minimum absolute atomic E-state index is 0. The van der Waals surface area contributed by atoms with Crippen molar-refractivity contribution < 1.29 is 4.79 Å². The van der Waals surface area contributed by atoms with Gasteiger partial charge in [0.2, 0.25) is 0 Å². The molecule has 2 heterocycles. The van der Waals surface area contributed by atoms with E-state index in [1.807, 2.05) is 10.3 Å². The molecule has 1 saturated heterocycles. The Labute approximate surface area is 159 Å². The number of halogens is 1. The smallest absolute Gasteiger partial charge is 0.273 e. The van der Waals surface area contributed by atoms with Gasteiger partial charge in [0.1, 0.15) is 5.69 Å². The van der Waals surface area contributed by atoms with Crippen molar-refractivity contribution in [3.05, 3.63) is 52.0 Å². The molecule has 1 amide bonds. The van der Waals surface area contributed by atoms with E-state index in [4.69, 9.17) is 5.73 Å². The second-order valence-electron chi connectivity index (χ2n) is 6.39. The fourth-order valence-corrected chi connectivity index (χ4v) is 4.37. The molecule has 136 valence electrons. The second-order valence-corrected chi connectivity index (χ2v) is 7.33.